The Hall–Kier alpha value is -2.37. The monoisotopic (exact) mass is 305 g/mol. The lowest BCUT2D eigenvalue weighted by Crippen LogP contribution is -2.41. The van der Waals surface area contributed by atoms with E-state index in [1.807, 2.05) is 13.8 Å². The van der Waals surface area contributed by atoms with Crippen molar-refractivity contribution in [3.63, 3.8) is 0 Å². The van der Waals surface area contributed by atoms with Gasteiger partial charge in [-0.05, 0) is 24.1 Å². The Bertz CT molecular complexity index is 609. The summed E-state index contributed by atoms with van der Waals surface area (Å²) >= 11 is 0. The van der Waals surface area contributed by atoms with E-state index in [2.05, 4.69) is 0 Å². The number of Topliss-reactive ketones (excluding diaryl/α,β-unsaturated/α-hetero) is 1. The van der Waals surface area contributed by atoms with Crippen LogP contribution in [-0.2, 0) is 9.59 Å². The summed E-state index contributed by atoms with van der Waals surface area (Å²) < 4.78 is 5.38. The fourth-order valence-corrected chi connectivity index (χ4v) is 2.31. The fraction of sp³-hybridized carbons (Fsp3) is 0.438. The predicted molar refractivity (Wildman–Crippen MR) is 80.3 cm³/mol. The molecule has 22 heavy (non-hydrogen) atoms. The van der Waals surface area contributed by atoms with Crippen LogP contribution < -0.4 is 9.64 Å². The molecule has 1 N–H and O–H groups in total. The molecule has 0 atom stereocenters. The predicted octanol–water partition coefficient (Wildman–Crippen LogP) is 2.12. The number of hydrogen-bond acceptors (Lipinski definition) is 4. The molecule has 0 unspecified atom stereocenters. The Morgan fingerprint density at radius 3 is 2.68 bits per heavy atom. The Labute approximate surface area is 128 Å². The minimum atomic E-state index is -1.01. The molecule has 1 aliphatic rings. The second-order valence-corrected chi connectivity index (χ2v) is 5.69. The first kappa shape index (κ1) is 16.0. The van der Waals surface area contributed by atoms with E-state index in [1.165, 1.54) is 0 Å². The fourth-order valence-electron chi connectivity index (χ4n) is 2.31. The van der Waals surface area contributed by atoms with Crippen LogP contribution in [0.3, 0.4) is 0 Å². The number of aliphatic carboxylic acids is 1. The number of rotatable bonds is 6. The van der Waals surface area contributed by atoms with Gasteiger partial charge in [-0.3, -0.25) is 14.4 Å². The summed E-state index contributed by atoms with van der Waals surface area (Å²) in [5.74, 6) is -0.563. The molecule has 6 nitrogen and oxygen atoms in total. The third kappa shape index (κ3) is 3.63. The van der Waals surface area contributed by atoms with Gasteiger partial charge >= 0.3 is 5.97 Å². The molecule has 0 saturated carbocycles. The number of benzene rings is 1. The number of fused-ring (bicyclic) bond motifs is 1. The highest BCUT2D eigenvalue weighted by atomic mass is 16.5. The Kier molecular flexibility index (Phi) is 4.80. The maximum absolute atomic E-state index is 12.0. The molecule has 1 aliphatic heterocycles. The topological polar surface area (TPSA) is 83.9 Å². The van der Waals surface area contributed by atoms with Crippen LogP contribution in [0.25, 0.3) is 0 Å². The van der Waals surface area contributed by atoms with E-state index in [0.717, 1.165) is 0 Å². The average Bonchev–Trinajstić information content (AvgIpc) is 2.47. The van der Waals surface area contributed by atoms with Crippen molar-refractivity contribution in [3.8, 4) is 5.75 Å². The highest BCUT2D eigenvalue weighted by molar-refractivity contribution is 6.02. The SMILES string of the molecule is CC(C)CN1C(=O)COc2ccc(C(=O)CCC(=O)O)cc21. The highest BCUT2D eigenvalue weighted by Gasteiger charge is 2.27. The van der Waals surface area contributed by atoms with E-state index >= 15 is 0 Å². The largest absolute Gasteiger partial charge is 0.482 e. The first-order valence-corrected chi connectivity index (χ1v) is 7.20. The summed E-state index contributed by atoms with van der Waals surface area (Å²) in [6.45, 7) is 4.54. The minimum absolute atomic E-state index is 0.00791. The first-order chi connectivity index (χ1) is 10.4. The van der Waals surface area contributed by atoms with E-state index in [9.17, 15) is 14.4 Å². The summed E-state index contributed by atoms with van der Waals surface area (Å²) in [4.78, 5) is 36.2. The van der Waals surface area contributed by atoms with Crippen LogP contribution in [0.1, 0.15) is 37.0 Å². The van der Waals surface area contributed by atoms with Crippen molar-refractivity contribution in [3.05, 3.63) is 23.8 Å². The van der Waals surface area contributed by atoms with Crippen molar-refractivity contribution < 1.29 is 24.2 Å². The molecule has 0 radical (unpaired) electrons. The van der Waals surface area contributed by atoms with Crippen LogP contribution in [0.4, 0.5) is 5.69 Å². The van der Waals surface area contributed by atoms with Gasteiger partial charge in [-0.2, -0.15) is 0 Å². The lowest BCUT2D eigenvalue weighted by Gasteiger charge is -2.31. The molecule has 0 fully saturated rings. The number of carbonyl (C=O) groups excluding carboxylic acids is 2. The molecule has 0 bridgehead atoms. The molecule has 2 rings (SSSR count). The van der Waals surface area contributed by atoms with E-state index in [0.29, 0.717) is 23.5 Å². The van der Waals surface area contributed by atoms with Crippen molar-refractivity contribution in [2.75, 3.05) is 18.1 Å². The van der Waals surface area contributed by atoms with E-state index in [1.54, 1.807) is 23.1 Å². The number of ether oxygens (including phenoxy) is 1. The van der Waals surface area contributed by atoms with Gasteiger partial charge in [0, 0.05) is 18.5 Å². The number of ketones is 1. The van der Waals surface area contributed by atoms with E-state index < -0.39 is 5.97 Å². The zero-order valence-electron chi connectivity index (χ0n) is 12.7. The van der Waals surface area contributed by atoms with Crippen LogP contribution in [0, 0.1) is 5.92 Å². The second-order valence-electron chi connectivity index (χ2n) is 5.69. The van der Waals surface area contributed by atoms with Crippen LogP contribution in [0.5, 0.6) is 5.75 Å². The maximum atomic E-state index is 12.0. The molecule has 0 aliphatic carbocycles. The molecular weight excluding hydrogens is 286 g/mol. The van der Waals surface area contributed by atoms with Gasteiger partial charge in [0.25, 0.3) is 5.91 Å². The van der Waals surface area contributed by atoms with Crippen molar-refractivity contribution in [1.82, 2.24) is 0 Å². The summed E-state index contributed by atoms with van der Waals surface area (Å²) in [7, 11) is 0. The Balaban J connectivity index is 2.27. The number of hydrogen-bond donors (Lipinski definition) is 1. The summed E-state index contributed by atoms with van der Waals surface area (Å²) in [6, 6.07) is 4.87. The smallest absolute Gasteiger partial charge is 0.303 e. The molecule has 1 aromatic rings. The summed E-state index contributed by atoms with van der Waals surface area (Å²) in [5.41, 5.74) is 0.971. The zero-order valence-corrected chi connectivity index (χ0v) is 12.7. The Morgan fingerprint density at radius 2 is 2.05 bits per heavy atom. The number of carboxylic acid groups (broad SMARTS) is 1. The highest BCUT2D eigenvalue weighted by Crippen LogP contribution is 2.33. The summed E-state index contributed by atoms with van der Waals surface area (Å²) in [5, 5.41) is 8.65. The zero-order chi connectivity index (χ0) is 16.3. The third-order valence-electron chi connectivity index (χ3n) is 3.34. The van der Waals surface area contributed by atoms with E-state index in [4.69, 9.17) is 9.84 Å². The number of amides is 1. The van der Waals surface area contributed by atoms with Crippen molar-refractivity contribution in [2.45, 2.75) is 26.7 Å². The Morgan fingerprint density at radius 1 is 1.32 bits per heavy atom. The van der Waals surface area contributed by atoms with E-state index in [-0.39, 0.29) is 37.1 Å². The van der Waals surface area contributed by atoms with Gasteiger partial charge in [0.05, 0.1) is 12.1 Å². The maximum Gasteiger partial charge on any atom is 0.303 e. The molecule has 0 saturated heterocycles. The van der Waals surface area contributed by atoms with Crippen molar-refractivity contribution in [2.24, 2.45) is 5.92 Å². The molecule has 1 heterocycles. The number of carbonyl (C=O) groups is 3. The number of anilines is 1. The van der Waals surface area contributed by atoms with Crippen molar-refractivity contribution in [1.29, 1.82) is 0 Å². The molecule has 0 aromatic heterocycles. The van der Waals surface area contributed by atoms with Crippen molar-refractivity contribution >= 4 is 23.3 Å². The molecule has 1 amide bonds. The third-order valence-corrected chi connectivity index (χ3v) is 3.34. The molecule has 0 spiro atoms. The van der Waals surface area contributed by atoms with Gasteiger partial charge in [0.2, 0.25) is 0 Å². The van der Waals surface area contributed by atoms with Gasteiger partial charge in [0.1, 0.15) is 5.75 Å². The van der Waals surface area contributed by atoms with Gasteiger partial charge in [-0.15, -0.1) is 0 Å². The van der Waals surface area contributed by atoms with Crippen LogP contribution in [0.2, 0.25) is 0 Å². The van der Waals surface area contributed by atoms with Crippen LogP contribution in [0.15, 0.2) is 18.2 Å². The standard InChI is InChI=1S/C16H19NO5/c1-10(2)8-17-12-7-11(13(18)4-6-16(20)21)3-5-14(12)22-9-15(17)19/h3,5,7,10H,4,6,8-9H2,1-2H3,(H,20,21). The van der Waals surface area contributed by atoms with Crippen LogP contribution in [-0.4, -0.2) is 35.9 Å². The minimum Gasteiger partial charge on any atom is -0.482 e. The van der Waals surface area contributed by atoms with Gasteiger partial charge in [-0.25, -0.2) is 0 Å². The lowest BCUT2D eigenvalue weighted by atomic mass is 10.0. The normalized spacial score (nSPS) is 13.8. The van der Waals surface area contributed by atoms with Gasteiger partial charge in [0.15, 0.2) is 12.4 Å². The van der Waals surface area contributed by atoms with Gasteiger partial charge < -0.3 is 14.7 Å². The molecule has 118 valence electrons. The molecule has 1 aromatic carbocycles. The first-order valence-electron chi connectivity index (χ1n) is 7.20. The number of nitrogens with zero attached hydrogens (tertiary/aromatic N) is 1. The molecular formula is C16H19NO5. The van der Waals surface area contributed by atoms with Gasteiger partial charge in [-0.1, -0.05) is 13.8 Å². The number of carboxylic acids is 1. The summed E-state index contributed by atoms with van der Waals surface area (Å²) in [6.07, 6.45) is -0.270. The molecule has 6 heteroatoms. The van der Waals surface area contributed by atoms with Crippen LogP contribution >= 0.6 is 0 Å². The average molecular weight is 305 g/mol. The lowest BCUT2D eigenvalue weighted by molar-refractivity contribution is -0.137. The second kappa shape index (κ2) is 6.60. The quantitative estimate of drug-likeness (QED) is 0.814.